The van der Waals surface area contributed by atoms with Gasteiger partial charge < -0.3 is 15.5 Å². The fourth-order valence-corrected chi connectivity index (χ4v) is 3.73. The SMILES string of the molecule is CCC(C)C(N)C(=O)N1CCCC(CN2CCC(C)CC2)C1.Cl. The molecule has 0 aromatic carbocycles. The van der Waals surface area contributed by atoms with Crippen molar-refractivity contribution in [3.05, 3.63) is 0 Å². The quantitative estimate of drug-likeness (QED) is 0.833. The van der Waals surface area contributed by atoms with Crippen molar-refractivity contribution in [3.8, 4) is 0 Å². The summed E-state index contributed by atoms with van der Waals surface area (Å²) in [6, 6.07) is -0.320. The number of likely N-dealkylation sites (tertiary alicyclic amines) is 2. The molecule has 2 fully saturated rings. The number of amides is 1. The zero-order chi connectivity index (χ0) is 16.1. The summed E-state index contributed by atoms with van der Waals surface area (Å²) >= 11 is 0. The van der Waals surface area contributed by atoms with Gasteiger partial charge in [-0.15, -0.1) is 12.4 Å². The number of halogens is 1. The number of piperidine rings is 2. The summed E-state index contributed by atoms with van der Waals surface area (Å²) in [4.78, 5) is 17.2. The molecule has 0 aromatic heterocycles. The van der Waals surface area contributed by atoms with Crippen LogP contribution in [-0.2, 0) is 4.79 Å². The number of nitrogens with two attached hydrogens (primary N) is 1. The third-order valence-electron chi connectivity index (χ3n) is 5.77. The van der Waals surface area contributed by atoms with E-state index in [2.05, 4.69) is 25.7 Å². The number of carbonyl (C=O) groups excluding carboxylic acids is 1. The van der Waals surface area contributed by atoms with E-state index in [1.165, 1.54) is 32.4 Å². The fraction of sp³-hybridized carbons (Fsp3) is 0.944. The zero-order valence-electron chi connectivity index (χ0n) is 15.2. The molecule has 2 N–H and O–H groups in total. The van der Waals surface area contributed by atoms with E-state index >= 15 is 0 Å². The highest BCUT2D eigenvalue weighted by Crippen LogP contribution is 2.22. The normalized spacial score (nSPS) is 26.4. The molecule has 5 heteroatoms. The second kappa shape index (κ2) is 9.85. The lowest BCUT2D eigenvalue weighted by atomic mass is 9.93. The molecule has 2 rings (SSSR count). The summed E-state index contributed by atoms with van der Waals surface area (Å²) < 4.78 is 0. The Morgan fingerprint density at radius 2 is 1.87 bits per heavy atom. The van der Waals surface area contributed by atoms with Gasteiger partial charge in [-0.3, -0.25) is 4.79 Å². The van der Waals surface area contributed by atoms with Gasteiger partial charge in [-0.25, -0.2) is 0 Å². The molecule has 0 aliphatic carbocycles. The Balaban J connectivity index is 0.00000264. The Bertz CT molecular complexity index is 358. The minimum Gasteiger partial charge on any atom is -0.341 e. The van der Waals surface area contributed by atoms with E-state index in [1.807, 2.05) is 4.90 Å². The molecule has 3 atom stereocenters. The predicted octanol–water partition coefficient (Wildman–Crippen LogP) is 2.75. The number of nitrogens with zero attached hydrogens (tertiary/aromatic N) is 2. The fourth-order valence-electron chi connectivity index (χ4n) is 3.73. The van der Waals surface area contributed by atoms with E-state index in [4.69, 9.17) is 5.73 Å². The highest BCUT2D eigenvalue weighted by atomic mass is 35.5. The Labute approximate surface area is 148 Å². The molecule has 1 amide bonds. The first-order valence-electron chi connectivity index (χ1n) is 9.28. The van der Waals surface area contributed by atoms with E-state index in [0.717, 1.165) is 38.4 Å². The van der Waals surface area contributed by atoms with Crippen LogP contribution < -0.4 is 5.73 Å². The van der Waals surface area contributed by atoms with Crippen molar-refractivity contribution in [3.63, 3.8) is 0 Å². The van der Waals surface area contributed by atoms with Gasteiger partial charge in [0.05, 0.1) is 6.04 Å². The molecule has 0 saturated carbocycles. The van der Waals surface area contributed by atoms with Gasteiger partial charge in [0, 0.05) is 19.6 Å². The largest absolute Gasteiger partial charge is 0.341 e. The van der Waals surface area contributed by atoms with Crippen LogP contribution in [0.1, 0.15) is 52.9 Å². The van der Waals surface area contributed by atoms with Gasteiger partial charge in [-0.2, -0.15) is 0 Å². The summed E-state index contributed by atoms with van der Waals surface area (Å²) in [7, 11) is 0. The van der Waals surface area contributed by atoms with Crippen molar-refractivity contribution in [2.45, 2.75) is 58.9 Å². The van der Waals surface area contributed by atoms with Gasteiger partial charge in [0.25, 0.3) is 0 Å². The highest BCUT2D eigenvalue weighted by Gasteiger charge is 2.30. The molecular weight excluding hydrogens is 310 g/mol. The van der Waals surface area contributed by atoms with E-state index in [1.54, 1.807) is 0 Å². The van der Waals surface area contributed by atoms with Crippen LogP contribution in [0.25, 0.3) is 0 Å². The molecule has 0 radical (unpaired) electrons. The highest BCUT2D eigenvalue weighted by molar-refractivity contribution is 5.85. The Morgan fingerprint density at radius 3 is 2.48 bits per heavy atom. The topological polar surface area (TPSA) is 49.6 Å². The van der Waals surface area contributed by atoms with Gasteiger partial charge in [0.2, 0.25) is 5.91 Å². The molecule has 0 aromatic rings. The molecule has 2 saturated heterocycles. The minimum atomic E-state index is -0.320. The molecule has 2 aliphatic rings. The second-order valence-electron chi connectivity index (χ2n) is 7.69. The Morgan fingerprint density at radius 1 is 1.22 bits per heavy atom. The standard InChI is InChI=1S/C18H35N3O.ClH/c1-4-15(3)17(19)18(22)21-9-5-6-16(13-21)12-20-10-7-14(2)8-11-20;/h14-17H,4-13,19H2,1-3H3;1H. The summed E-state index contributed by atoms with van der Waals surface area (Å²) in [5.74, 6) is 1.97. The van der Waals surface area contributed by atoms with Crippen molar-refractivity contribution in [2.75, 3.05) is 32.7 Å². The number of carbonyl (C=O) groups is 1. The summed E-state index contributed by atoms with van der Waals surface area (Å²) in [6.45, 7) is 12.0. The monoisotopic (exact) mass is 345 g/mol. The minimum absolute atomic E-state index is 0. The lowest BCUT2D eigenvalue weighted by Gasteiger charge is -2.39. The smallest absolute Gasteiger partial charge is 0.239 e. The van der Waals surface area contributed by atoms with Crippen LogP contribution in [0.5, 0.6) is 0 Å². The van der Waals surface area contributed by atoms with Gasteiger partial charge in [-0.1, -0.05) is 27.2 Å². The third-order valence-corrected chi connectivity index (χ3v) is 5.77. The van der Waals surface area contributed by atoms with Crippen LogP contribution in [0.4, 0.5) is 0 Å². The predicted molar refractivity (Wildman–Crippen MR) is 98.8 cm³/mol. The first-order valence-corrected chi connectivity index (χ1v) is 9.28. The van der Waals surface area contributed by atoms with E-state index in [9.17, 15) is 4.79 Å². The molecule has 23 heavy (non-hydrogen) atoms. The first kappa shape index (κ1) is 20.7. The average molecular weight is 346 g/mol. The molecule has 0 spiro atoms. The Hall–Kier alpha value is -0.320. The van der Waals surface area contributed by atoms with Crippen molar-refractivity contribution < 1.29 is 4.79 Å². The number of hydrogen-bond donors (Lipinski definition) is 1. The van der Waals surface area contributed by atoms with Crippen LogP contribution in [0.15, 0.2) is 0 Å². The van der Waals surface area contributed by atoms with E-state index in [-0.39, 0.29) is 30.3 Å². The third kappa shape index (κ3) is 5.91. The van der Waals surface area contributed by atoms with Gasteiger partial charge >= 0.3 is 0 Å². The summed E-state index contributed by atoms with van der Waals surface area (Å²) in [6.07, 6.45) is 6.01. The zero-order valence-corrected chi connectivity index (χ0v) is 16.0. The van der Waals surface area contributed by atoms with Crippen LogP contribution in [0.3, 0.4) is 0 Å². The van der Waals surface area contributed by atoms with Gasteiger partial charge in [0.1, 0.15) is 0 Å². The van der Waals surface area contributed by atoms with Crippen LogP contribution in [-0.4, -0.2) is 54.5 Å². The summed E-state index contributed by atoms with van der Waals surface area (Å²) in [5, 5.41) is 0. The maximum Gasteiger partial charge on any atom is 0.239 e. The molecule has 2 heterocycles. The van der Waals surface area contributed by atoms with Crippen LogP contribution >= 0.6 is 12.4 Å². The average Bonchev–Trinajstić information content (AvgIpc) is 2.55. The molecule has 4 nitrogen and oxygen atoms in total. The van der Waals surface area contributed by atoms with E-state index in [0.29, 0.717) is 5.92 Å². The molecule has 136 valence electrons. The molecule has 2 aliphatic heterocycles. The van der Waals surface area contributed by atoms with Crippen molar-refractivity contribution in [1.29, 1.82) is 0 Å². The molecule has 3 unspecified atom stereocenters. The maximum absolute atomic E-state index is 12.6. The first-order chi connectivity index (χ1) is 10.5. The van der Waals surface area contributed by atoms with Gasteiger partial charge in [0.15, 0.2) is 0 Å². The van der Waals surface area contributed by atoms with Crippen molar-refractivity contribution >= 4 is 18.3 Å². The van der Waals surface area contributed by atoms with E-state index < -0.39 is 0 Å². The second-order valence-corrected chi connectivity index (χ2v) is 7.69. The lowest BCUT2D eigenvalue weighted by Crippen LogP contribution is -2.51. The molecular formula is C18H36ClN3O. The number of rotatable bonds is 5. The maximum atomic E-state index is 12.6. The van der Waals surface area contributed by atoms with Crippen molar-refractivity contribution in [2.24, 2.45) is 23.5 Å². The van der Waals surface area contributed by atoms with Gasteiger partial charge in [-0.05, 0) is 56.5 Å². The molecule has 0 bridgehead atoms. The lowest BCUT2D eigenvalue weighted by molar-refractivity contribution is -0.135. The van der Waals surface area contributed by atoms with Crippen LogP contribution in [0.2, 0.25) is 0 Å². The Kier molecular flexibility index (Phi) is 8.88. The van der Waals surface area contributed by atoms with Crippen LogP contribution in [0, 0.1) is 17.8 Å². The number of hydrogen-bond acceptors (Lipinski definition) is 3. The summed E-state index contributed by atoms with van der Waals surface area (Å²) in [5.41, 5.74) is 6.15. The van der Waals surface area contributed by atoms with Crippen molar-refractivity contribution in [1.82, 2.24) is 9.80 Å².